The zero-order valence-electron chi connectivity index (χ0n) is 7.62. The summed E-state index contributed by atoms with van der Waals surface area (Å²) < 4.78 is 39.2. The minimum Gasteiger partial charge on any atom is -0.423 e. The molecule has 0 aromatic heterocycles. The van der Waals surface area contributed by atoms with Crippen molar-refractivity contribution in [1.82, 2.24) is 0 Å². The summed E-state index contributed by atoms with van der Waals surface area (Å²) in [4.78, 5) is 0. The molecule has 0 heterocycles. The topological polar surface area (TPSA) is 75.7 Å². The summed E-state index contributed by atoms with van der Waals surface area (Å²) in [6.45, 7) is 0. The largest absolute Gasteiger partial charge is 0.573 e. The summed E-state index contributed by atoms with van der Waals surface area (Å²) in [5.41, 5.74) is 4.76. The number of benzene rings is 1. The minimum atomic E-state index is -4.89. The summed E-state index contributed by atoms with van der Waals surface area (Å²) in [5.74, 6) is -0.671. The van der Waals surface area contributed by atoms with Gasteiger partial charge in [-0.1, -0.05) is 11.6 Å². The van der Waals surface area contributed by atoms with Crippen molar-refractivity contribution in [3.63, 3.8) is 0 Å². The van der Waals surface area contributed by atoms with Crippen molar-refractivity contribution in [3.8, 4) is 5.75 Å². The van der Waals surface area contributed by atoms with Crippen molar-refractivity contribution in [1.29, 1.82) is 0 Å². The standard InChI is InChI=1S/C7H6BClF3NO3/c9-5-2-3(16-7(10,11)12)1-4(6(5)13)8(14)15/h1-2,14-15H,13H2. The number of hydrogen-bond donors (Lipinski definition) is 3. The molecule has 4 N–H and O–H groups in total. The van der Waals surface area contributed by atoms with Gasteiger partial charge in [-0.2, -0.15) is 0 Å². The average Bonchev–Trinajstić information content (AvgIpc) is 2.07. The van der Waals surface area contributed by atoms with E-state index < -0.39 is 19.2 Å². The van der Waals surface area contributed by atoms with Crippen molar-refractivity contribution in [3.05, 3.63) is 17.2 Å². The van der Waals surface area contributed by atoms with E-state index in [1.165, 1.54) is 0 Å². The van der Waals surface area contributed by atoms with Crippen LogP contribution in [0, 0.1) is 0 Å². The number of halogens is 4. The van der Waals surface area contributed by atoms with Gasteiger partial charge in [-0.25, -0.2) is 0 Å². The maximum Gasteiger partial charge on any atom is 0.573 e. The van der Waals surface area contributed by atoms with Gasteiger partial charge in [0.25, 0.3) is 0 Å². The van der Waals surface area contributed by atoms with E-state index in [-0.39, 0.29) is 16.2 Å². The molecule has 0 fully saturated rings. The molecule has 9 heteroatoms. The van der Waals surface area contributed by atoms with E-state index in [4.69, 9.17) is 27.4 Å². The quantitative estimate of drug-likeness (QED) is 0.531. The molecule has 0 saturated heterocycles. The van der Waals surface area contributed by atoms with Gasteiger partial charge in [0.05, 0.1) is 10.7 Å². The Morgan fingerprint density at radius 2 is 1.88 bits per heavy atom. The Bertz CT molecular complexity index is 399. The van der Waals surface area contributed by atoms with Crippen LogP contribution in [0.25, 0.3) is 0 Å². The van der Waals surface area contributed by atoms with Gasteiger partial charge in [-0.15, -0.1) is 13.2 Å². The van der Waals surface area contributed by atoms with Gasteiger partial charge in [0, 0.05) is 11.5 Å². The molecule has 0 amide bonds. The smallest absolute Gasteiger partial charge is 0.423 e. The molecule has 1 aromatic carbocycles. The second-order valence-electron chi connectivity index (χ2n) is 2.83. The monoisotopic (exact) mass is 255 g/mol. The van der Waals surface area contributed by atoms with Crippen LogP contribution in [0.3, 0.4) is 0 Å². The number of ether oxygens (including phenoxy) is 1. The number of rotatable bonds is 2. The van der Waals surface area contributed by atoms with E-state index in [0.29, 0.717) is 0 Å². The van der Waals surface area contributed by atoms with Crippen LogP contribution in [0.5, 0.6) is 5.75 Å². The van der Waals surface area contributed by atoms with Gasteiger partial charge in [0.1, 0.15) is 5.75 Å². The van der Waals surface area contributed by atoms with E-state index in [9.17, 15) is 13.2 Å². The third kappa shape index (κ3) is 3.19. The Hall–Kier alpha value is -1.12. The molecule has 0 atom stereocenters. The molecular weight excluding hydrogens is 249 g/mol. The van der Waals surface area contributed by atoms with E-state index in [1.807, 2.05) is 0 Å². The molecule has 4 nitrogen and oxygen atoms in total. The number of hydrogen-bond acceptors (Lipinski definition) is 4. The molecule has 88 valence electrons. The summed E-state index contributed by atoms with van der Waals surface area (Å²) in [7, 11) is -2.03. The molecule has 0 aliphatic heterocycles. The summed E-state index contributed by atoms with van der Waals surface area (Å²) in [6.07, 6.45) is -4.89. The Kier molecular flexibility index (Phi) is 3.56. The van der Waals surface area contributed by atoms with E-state index in [2.05, 4.69) is 4.74 Å². The molecule has 0 bridgehead atoms. The van der Waals surface area contributed by atoms with Crippen LogP contribution in [-0.4, -0.2) is 23.5 Å². The highest BCUT2D eigenvalue weighted by Gasteiger charge is 2.32. The van der Waals surface area contributed by atoms with Crippen LogP contribution < -0.4 is 15.9 Å². The summed E-state index contributed by atoms with van der Waals surface area (Å²) in [5, 5.41) is 17.4. The fourth-order valence-corrected chi connectivity index (χ4v) is 1.24. The highest BCUT2D eigenvalue weighted by Crippen LogP contribution is 2.27. The van der Waals surface area contributed by atoms with E-state index >= 15 is 0 Å². The Morgan fingerprint density at radius 3 is 2.31 bits per heavy atom. The van der Waals surface area contributed by atoms with Crippen LogP contribution in [-0.2, 0) is 0 Å². The van der Waals surface area contributed by atoms with E-state index in [1.54, 1.807) is 0 Å². The Morgan fingerprint density at radius 1 is 1.31 bits per heavy atom. The number of alkyl halides is 3. The molecule has 0 aliphatic rings. The fraction of sp³-hybridized carbons (Fsp3) is 0.143. The van der Waals surface area contributed by atoms with Crippen LogP contribution in [0.15, 0.2) is 12.1 Å². The lowest BCUT2D eigenvalue weighted by atomic mass is 9.79. The predicted octanol–water partition coefficient (Wildman–Crippen LogP) is 0.501. The van der Waals surface area contributed by atoms with Gasteiger partial charge >= 0.3 is 13.5 Å². The first-order valence-corrected chi connectivity index (χ1v) is 4.29. The highest BCUT2D eigenvalue weighted by atomic mass is 35.5. The lowest BCUT2D eigenvalue weighted by molar-refractivity contribution is -0.274. The summed E-state index contributed by atoms with van der Waals surface area (Å²) in [6, 6.07) is 1.58. The number of nitrogens with two attached hydrogens (primary N) is 1. The lowest BCUT2D eigenvalue weighted by Gasteiger charge is -2.12. The van der Waals surface area contributed by atoms with Gasteiger partial charge in [-0.05, 0) is 6.07 Å². The van der Waals surface area contributed by atoms with Crippen molar-refractivity contribution in [2.24, 2.45) is 0 Å². The van der Waals surface area contributed by atoms with Gasteiger partial charge < -0.3 is 20.5 Å². The molecule has 1 rings (SSSR count). The average molecular weight is 255 g/mol. The van der Waals surface area contributed by atoms with Gasteiger partial charge in [0.2, 0.25) is 0 Å². The normalized spacial score (nSPS) is 11.4. The van der Waals surface area contributed by atoms with E-state index in [0.717, 1.165) is 12.1 Å². The van der Waals surface area contributed by atoms with Crippen LogP contribution >= 0.6 is 11.6 Å². The molecule has 16 heavy (non-hydrogen) atoms. The molecule has 0 spiro atoms. The SMILES string of the molecule is Nc1c(Cl)cc(OC(F)(F)F)cc1B(O)O. The predicted molar refractivity (Wildman–Crippen MR) is 52.4 cm³/mol. The second kappa shape index (κ2) is 4.40. The fourth-order valence-electron chi connectivity index (χ4n) is 1.02. The Labute approximate surface area is 93.5 Å². The molecule has 0 saturated carbocycles. The Balaban J connectivity index is 3.14. The van der Waals surface area contributed by atoms with Crippen molar-refractivity contribution in [2.75, 3.05) is 5.73 Å². The van der Waals surface area contributed by atoms with Crippen molar-refractivity contribution in [2.45, 2.75) is 6.36 Å². The molecule has 0 unspecified atom stereocenters. The number of nitrogen functional groups attached to an aromatic ring is 1. The van der Waals surface area contributed by atoms with Crippen molar-refractivity contribution >= 4 is 29.9 Å². The first kappa shape index (κ1) is 13.0. The molecular formula is C7H6BClF3NO3. The second-order valence-corrected chi connectivity index (χ2v) is 3.24. The first-order valence-electron chi connectivity index (χ1n) is 3.91. The molecule has 1 aromatic rings. The third-order valence-corrected chi connectivity index (χ3v) is 1.96. The van der Waals surface area contributed by atoms with Gasteiger partial charge in [0.15, 0.2) is 0 Å². The minimum absolute atomic E-state index is 0.216. The van der Waals surface area contributed by atoms with Crippen LogP contribution in [0.1, 0.15) is 0 Å². The number of anilines is 1. The zero-order valence-corrected chi connectivity index (χ0v) is 8.38. The van der Waals surface area contributed by atoms with Crippen molar-refractivity contribution < 1.29 is 28.0 Å². The maximum atomic E-state index is 11.9. The third-order valence-electron chi connectivity index (χ3n) is 1.65. The maximum absolute atomic E-state index is 11.9. The lowest BCUT2D eigenvalue weighted by Crippen LogP contribution is -2.33. The summed E-state index contributed by atoms with van der Waals surface area (Å²) >= 11 is 5.50. The van der Waals surface area contributed by atoms with Crippen LogP contribution in [0.2, 0.25) is 5.02 Å². The first-order chi connectivity index (χ1) is 7.20. The highest BCUT2D eigenvalue weighted by molar-refractivity contribution is 6.61. The zero-order chi connectivity index (χ0) is 12.5. The van der Waals surface area contributed by atoms with Crippen LogP contribution in [0.4, 0.5) is 18.9 Å². The van der Waals surface area contributed by atoms with Gasteiger partial charge in [-0.3, -0.25) is 0 Å². The molecule has 0 radical (unpaired) electrons. The molecule has 0 aliphatic carbocycles.